The van der Waals surface area contributed by atoms with E-state index in [0.29, 0.717) is 43.6 Å². The second-order valence-corrected chi connectivity index (χ2v) is 10.7. The average molecular weight is 660 g/mol. The molecule has 0 radical (unpaired) electrons. The topological polar surface area (TPSA) is 103 Å². The van der Waals surface area contributed by atoms with E-state index in [9.17, 15) is 9.59 Å². The lowest BCUT2D eigenvalue weighted by atomic mass is 9.95. The van der Waals surface area contributed by atoms with Gasteiger partial charge in [0.05, 0.1) is 28.2 Å². The van der Waals surface area contributed by atoms with Crippen molar-refractivity contribution in [3.05, 3.63) is 59.4 Å². The van der Waals surface area contributed by atoms with Crippen LogP contribution in [-0.4, -0.2) is 40.2 Å². The van der Waals surface area contributed by atoms with Gasteiger partial charge in [-0.3, -0.25) is 4.79 Å². The van der Waals surface area contributed by atoms with E-state index in [4.69, 9.17) is 19.6 Å². The minimum Gasteiger partial charge on any atom is -0.490 e. The van der Waals surface area contributed by atoms with Gasteiger partial charge in [0.2, 0.25) is 0 Å². The van der Waals surface area contributed by atoms with Crippen molar-refractivity contribution >= 4 is 70.9 Å². The molecule has 8 nitrogen and oxygen atoms in total. The summed E-state index contributed by atoms with van der Waals surface area (Å²) >= 11 is 10.3. The van der Waals surface area contributed by atoms with Crippen molar-refractivity contribution in [3.8, 4) is 11.5 Å². The molecule has 0 atom stereocenters. The first-order valence-corrected chi connectivity index (χ1v) is 12.6. The Labute approximate surface area is 221 Å². The van der Waals surface area contributed by atoms with Crippen LogP contribution in [0.25, 0.3) is 10.9 Å². The van der Waals surface area contributed by atoms with Crippen LogP contribution in [0.15, 0.2) is 47.6 Å². The van der Waals surface area contributed by atoms with Gasteiger partial charge in [-0.15, -0.1) is 0 Å². The molecule has 0 saturated heterocycles. The van der Waals surface area contributed by atoms with Crippen molar-refractivity contribution in [3.63, 3.8) is 0 Å². The van der Waals surface area contributed by atoms with Crippen LogP contribution in [-0.2, 0) is 10.2 Å². The number of nitrogens with zero attached hydrogens (tertiary/aromatic N) is 3. The van der Waals surface area contributed by atoms with Crippen LogP contribution >= 0.6 is 47.8 Å². The van der Waals surface area contributed by atoms with Gasteiger partial charge in [-0.2, -0.15) is 9.78 Å². The van der Waals surface area contributed by atoms with Crippen LogP contribution in [0.1, 0.15) is 39.1 Å². The molecule has 180 valence electrons. The Morgan fingerprint density at radius 3 is 2.50 bits per heavy atom. The molecule has 1 aromatic heterocycles. The third-order valence-corrected chi connectivity index (χ3v) is 7.22. The molecule has 0 aliphatic heterocycles. The lowest BCUT2D eigenvalue weighted by Gasteiger charge is -2.21. The van der Waals surface area contributed by atoms with Crippen molar-refractivity contribution in [2.24, 2.45) is 5.10 Å². The third kappa shape index (κ3) is 5.69. The smallest absolute Gasteiger partial charge is 0.341 e. The normalized spacial score (nSPS) is 11.9. The van der Waals surface area contributed by atoms with Crippen molar-refractivity contribution in [2.75, 3.05) is 13.2 Å². The number of benzene rings is 2. The van der Waals surface area contributed by atoms with E-state index in [-0.39, 0.29) is 11.3 Å². The molecule has 3 aromatic rings. The highest BCUT2D eigenvalue weighted by Gasteiger charge is 2.23. The number of carboxylic acids is 1. The van der Waals surface area contributed by atoms with Crippen molar-refractivity contribution in [2.45, 2.75) is 33.1 Å². The molecule has 0 fully saturated rings. The largest absolute Gasteiger partial charge is 0.490 e. The molecule has 0 aliphatic carbocycles. The fourth-order valence-electron chi connectivity index (χ4n) is 3.09. The first kappa shape index (κ1) is 26.4. The lowest BCUT2D eigenvalue weighted by Crippen LogP contribution is -2.29. The Morgan fingerprint density at radius 1 is 1.18 bits per heavy atom. The van der Waals surface area contributed by atoms with E-state index in [0.717, 1.165) is 4.47 Å². The molecule has 3 rings (SSSR count). The minimum absolute atomic E-state index is 0.248. The first-order valence-electron chi connectivity index (χ1n) is 10.2. The molecule has 0 unspecified atom stereocenters. The predicted molar refractivity (Wildman–Crippen MR) is 142 cm³/mol. The zero-order valence-electron chi connectivity index (χ0n) is 18.9. The van der Waals surface area contributed by atoms with Gasteiger partial charge in [0.25, 0.3) is 5.56 Å². The Bertz CT molecular complexity index is 1350. The molecule has 1 N–H and O–H groups in total. The third-order valence-electron chi connectivity index (χ3n) is 4.59. The molecule has 0 spiro atoms. The number of ether oxygens (including phenoxy) is 2. The van der Waals surface area contributed by atoms with E-state index in [2.05, 4.69) is 52.9 Å². The molecular weight excluding hydrogens is 638 g/mol. The van der Waals surface area contributed by atoms with Gasteiger partial charge in [-0.05, 0) is 63.0 Å². The number of carbonyl (C=O) groups is 1. The zero-order valence-corrected chi connectivity index (χ0v) is 23.6. The summed E-state index contributed by atoms with van der Waals surface area (Å²) in [5.74, 6) is -0.0203. The Morgan fingerprint density at radius 2 is 1.88 bits per heavy atom. The Balaban J connectivity index is 2.18. The zero-order chi connectivity index (χ0) is 25.2. The SMILES string of the molecule is CCOc1cc(C=Nn2c(C(C)(C)C)nc3ccc(Br)cc3c2=O)c(Br)c(Br)c1OCC(=O)O. The highest BCUT2D eigenvalue weighted by Crippen LogP contribution is 2.42. The van der Waals surface area contributed by atoms with Gasteiger partial charge in [-0.1, -0.05) is 36.7 Å². The van der Waals surface area contributed by atoms with Gasteiger partial charge in [0.15, 0.2) is 18.1 Å². The summed E-state index contributed by atoms with van der Waals surface area (Å²) in [6.07, 6.45) is 1.51. The number of aliphatic carboxylic acids is 1. The number of carboxylic acid groups (broad SMARTS) is 1. The van der Waals surface area contributed by atoms with Gasteiger partial charge in [0, 0.05) is 19.9 Å². The van der Waals surface area contributed by atoms with Crippen molar-refractivity contribution in [1.29, 1.82) is 0 Å². The van der Waals surface area contributed by atoms with Crippen LogP contribution in [0.5, 0.6) is 11.5 Å². The summed E-state index contributed by atoms with van der Waals surface area (Å²) in [6.45, 7) is 7.49. The van der Waals surface area contributed by atoms with Gasteiger partial charge in [0.1, 0.15) is 5.82 Å². The molecule has 11 heteroatoms. The second kappa shape index (κ2) is 10.6. The molecular formula is C23H22Br3N3O5. The van der Waals surface area contributed by atoms with Crippen LogP contribution < -0.4 is 15.0 Å². The standard InChI is InChI=1S/C23H22Br3N3O5/c1-5-33-16-8-12(18(25)19(26)20(16)34-11-17(30)31)10-27-29-21(32)14-9-13(24)6-7-15(14)28-22(29)23(2,3)4/h6-10H,5,11H2,1-4H3,(H,30,31). The minimum atomic E-state index is -1.11. The molecule has 34 heavy (non-hydrogen) atoms. The highest BCUT2D eigenvalue weighted by molar-refractivity contribution is 9.13. The number of rotatable bonds is 7. The first-order chi connectivity index (χ1) is 15.9. The maximum absolute atomic E-state index is 13.4. The fourth-order valence-corrected chi connectivity index (χ4v) is 4.39. The maximum Gasteiger partial charge on any atom is 0.341 e. The summed E-state index contributed by atoms with van der Waals surface area (Å²) in [7, 11) is 0. The van der Waals surface area contributed by atoms with Gasteiger partial charge in [-0.25, -0.2) is 9.78 Å². The fraction of sp³-hybridized carbons (Fsp3) is 0.304. The van der Waals surface area contributed by atoms with Crippen LogP contribution in [0.4, 0.5) is 0 Å². The quantitative estimate of drug-likeness (QED) is 0.325. The molecule has 0 bridgehead atoms. The van der Waals surface area contributed by atoms with Crippen molar-refractivity contribution < 1.29 is 19.4 Å². The lowest BCUT2D eigenvalue weighted by molar-refractivity contribution is -0.139. The highest BCUT2D eigenvalue weighted by atomic mass is 79.9. The molecule has 0 aliphatic rings. The van der Waals surface area contributed by atoms with Crippen LogP contribution in [0, 0.1) is 0 Å². The molecule has 0 amide bonds. The van der Waals surface area contributed by atoms with Crippen LogP contribution in [0.3, 0.4) is 0 Å². The summed E-state index contributed by atoms with van der Waals surface area (Å²) in [5.41, 5.74) is 0.418. The van der Waals surface area contributed by atoms with E-state index in [1.54, 1.807) is 25.1 Å². The Hall–Kier alpha value is -2.24. The molecule has 0 saturated carbocycles. The predicted octanol–water partition coefficient (Wildman–Crippen LogP) is 5.73. The maximum atomic E-state index is 13.4. The molecule has 1 heterocycles. The summed E-state index contributed by atoms with van der Waals surface area (Å²) in [6, 6.07) is 7.01. The van der Waals surface area contributed by atoms with E-state index in [1.165, 1.54) is 10.9 Å². The van der Waals surface area contributed by atoms with Gasteiger partial charge >= 0.3 is 5.97 Å². The number of hydrogen-bond acceptors (Lipinski definition) is 6. The van der Waals surface area contributed by atoms with Crippen molar-refractivity contribution in [1.82, 2.24) is 9.66 Å². The van der Waals surface area contributed by atoms with E-state index in [1.807, 2.05) is 26.8 Å². The number of fused-ring (bicyclic) bond motifs is 1. The van der Waals surface area contributed by atoms with E-state index < -0.39 is 18.0 Å². The van der Waals surface area contributed by atoms with Crippen LogP contribution in [0.2, 0.25) is 0 Å². The number of halogens is 3. The average Bonchev–Trinajstić information content (AvgIpc) is 2.75. The van der Waals surface area contributed by atoms with Gasteiger partial charge < -0.3 is 14.6 Å². The van der Waals surface area contributed by atoms with E-state index >= 15 is 0 Å². The monoisotopic (exact) mass is 657 g/mol. The summed E-state index contributed by atoms with van der Waals surface area (Å²) < 4.78 is 14.1. The second-order valence-electron chi connectivity index (χ2n) is 8.24. The number of hydrogen-bond donors (Lipinski definition) is 1. The summed E-state index contributed by atoms with van der Waals surface area (Å²) in [4.78, 5) is 29.0. The number of aromatic nitrogens is 2. The Kier molecular flexibility index (Phi) is 8.20. The summed E-state index contributed by atoms with van der Waals surface area (Å²) in [5, 5.41) is 13.9. The molecule has 2 aromatic carbocycles.